The molecule has 2 aromatic heterocycles. The van der Waals surface area contributed by atoms with Crippen molar-refractivity contribution in [2.75, 3.05) is 13.7 Å². The van der Waals surface area contributed by atoms with Gasteiger partial charge in [-0.3, -0.25) is 9.20 Å². The number of imidazole rings is 1. The third-order valence-corrected chi connectivity index (χ3v) is 4.93. The monoisotopic (exact) mass is 387 g/mol. The summed E-state index contributed by atoms with van der Waals surface area (Å²) >= 11 is 1.55. The number of fused-ring (bicyclic) bond motifs is 1. The molecule has 3 aromatic rings. The number of hydrogen-bond acceptors (Lipinski definition) is 5. The van der Waals surface area contributed by atoms with E-state index >= 15 is 0 Å². The summed E-state index contributed by atoms with van der Waals surface area (Å²) in [7, 11) is 1.62. The van der Waals surface area contributed by atoms with Crippen LogP contribution in [-0.2, 0) is 17.8 Å². The van der Waals surface area contributed by atoms with Crippen LogP contribution >= 0.6 is 11.3 Å². The predicted molar refractivity (Wildman–Crippen MR) is 107 cm³/mol. The van der Waals surface area contributed by atoms with Gasteiger partial charge in [-0.1, -0.05) is 19.9 Å². The lowest BCUT2D eigenvalue weighted by atomic mass is 10.1. The van der Waals surface area contributed by atoms with E-state index in [1.54, 1.807) is 18.4 Å². The number of nitrogens with one attached hydrogen (secondary N) is 1. The van der Waals surface area contributed by atoms with E-state index in [9.17, 15) is 4.79 Å². The molecule has 0 saturated carbocycles. The Morgan fingerprint density at radius 1 is 1.33 bits per heavy atom. The summed E-state index contributed by atoms with van der Waals surface area (Å²) in [4.78, 5) is 17.5. The zero-order chi connectivity index (χ0) is 19.2. The second kappa shape index (κ2) is 8.90. The first-order chi connectivity index (χ1) is 13.0. The number of thiazole rings is 1. The number of nitrogens with zero attached hydrogens (tertiary/aromatic N) is 2. The Morgan fingerprint density at radius 2 is 2.19 bits per heavy atom. The number of carbonyl (C=O) groups excluding carboxylic acids is 1. The van der Waals surface area contributed by atoms with E-state index < -0.39 is 0 Å². The van der Waals surface area contributed by atoms with Crippen molar-refractivity contribution in [1.82, 2.24) is 14.7 Å². The lowest BCUT2D eigenvalue weighted by Crippen LogP contribution is -2.24. The number of amides is 1. The predicted octanol–water partition coefficient (Wildman–Crippen LogP) is 3.69. The Morgan fingerprint density at radius 3 is 2.93 bits per heavy atom. The van der Waals surface area contributed by atoms with Crippen molar-refractivity contribution >= 4 is 22.2 Å². The van der Waals surface area contributed by atoms with Crippen LogP contribution in [0.2, 0.25) is 0 Å². The first kappa shape index (κ1) is 19.2. The molecule has 1 aromatic carbocycles. The molecule has 0 fully saturated rings. The van der Waals surface area contributed by atoms with Gasteiger partial charge in [0.15, 0.2) is 16.5 Å². The number of hydrogen-bond donors (Lipinski definition) is 1. The zero-order valence-corrected chi connectivity index (χ0v) is 16.7. The first-order valence-corrected chi connectivity index (χ1v) is 9.90. The highest BCUT2D eigenvalue weighted by molar-refractivity contribution is 7.15. The highest BCUT2D eigenvalue weighted by atomic mass is 32.1. The maximum atomic E-state index is 12.2. The van der Waals surface area contributed by atoms with Gasteiger partial charge in [0.2, 0.25) is 5.91 Å². The van der Waals surface area contributed by atoms with Crippen molar-refractivity contribution in [2.45, 2.75) is 33.2 Å². The van der Waals surface area contributed by atoms with E-state index in [4.69, 9.17) is 9.47 Å². The summed E-state index contributed by atoms with van der Waals surface area (Å²) in [6.45, 7) is 5.42. The SMILES string of the molecule is COc1cc(CNC(=O)Cc2cn3ccsc3n2)ccc1OCCC(C)C. The average Bonchev–Trinajstić information content (AvgIpc) is 3.21. The number of rotatable bonds is 9. The molecule has 0 bridgehead atoms. The van der Waals surface area contributed by atoms with Crippen LogP contribution in [0.3, 0.4) is 0 Å². The van der Waals surface area contributed by atoms with Crippen LogP contribution in [0.25, 0.3) is 4.96 Å². The standard InChI is InChI=1S/C20H25N3O3S/c1-14(2)6-8-26-17-5-4-15(10-18(17)25-3)12-21-19(24)11-16-13-23-7-9-27-20(23)22-16/h4-5,7,9-10,13-14H,6,8,11-12H2,1-3H3,(H,21,24). The van der Waals surface area contributed by atoms with Crippen LogP contribution < -0.4 is 14.8 Å². The molecule has 3 rings (SSSR count). The van der Waals surface area contributed by atoms with E-state index in [0.29, 0.717) is 24.8 Å². The molecule has 6 nitrogen and oxygen atoms in total. The molecule has 144 valence electrons. The van der Waals surface area contributed by atoms with Gasteiger partial charge in [0.25, 0.3) is 0 Å². The van der Waals surface area contributed by atoms with Crippen LogP contribution in [0.1, 0.15) is 31.5 Å². The van der Waals surface area contributed by atoms with Crippen molar-refractivity contribution in [3.63, 3.8) is 0 Å². The molecular weight excluding hydrogens is 362 g/mol. The molecule has 27 heavy (non-hydrogen) atoms. The molecule has 1 N–H and O–H groups in total. The normalized spacial score (nSPS) is 11.1. The van der Waals surface area contributed by atoms with Crippen molar-refractivity contribution in [1.29, 1.82) is 0 Å². The van der Waals surface area contributed by atoms with Gasteiger partial charge in [-0.2, -0.15) is 0 Å². The van der Waals surface area contributed by atoms with E-state index in [1.807, 2.05) is 40.4 Å². The number of carbonyl (C=O) groups is 1. The van der Waals surface area contributed by atoms with Gasteiger partial charge >= 0.3 is 0 Å². The molecule has 0 aliphatic heterocycles. The van der Waals surface area contributed by atoms with Crippen LogP contribution in [0.5, 0.6) is 11.5 Å². The van der Waals surface area contributed by atoms with Crippen molar-refractivity contribution < 1.29 is 14.3 Å². The molecule has 2 heterocycles. The maximum absolute atomic E-state index is 12.2. The van der Waals surface area contributed by atoms with Crippen molar-refractivity contribution in [3.8, 4) is 11.5 Å². The molecule has 0 aliphatic carbocycles. The van der Waals surface area contributed by atoms with Crippen LogP contribution in [0.15, 0.2) is 36.0 Å². The molecule has 0 radical (unpaired) electrons. The Bertz CT molecular complexity index is 872. The molecule has 0 unspecified atom stereocenters. The zero-order valence-electron chi connectivity index (χ0n) is 15.9. The first-order valence-electron chi connectivity index (χ1n) is 9.02. The smallest absolute Gasteiger partial charge is 0.226 e. The molecule has 0 aliphatic rings. The van der Waals surface area contributed by atoms with E-state index in [-0.39, 0.29) is 12.3 Å². The number of benzene rings is 1. The van der Waals surface area contributed by atoms with Crippen LogP contribution in [0.4, 0.5) is 0 Å². The van der Waals surface area contributed by atoms with Gasteiger partial charge in [-0.25, -0.2) is 4.98 Å². The highest BCUT2D eigenvalue weighted by Crippen LogP contribution is 2.28. The average molecular weight is 388 g/mol. The maximum Gasteiger partial charge on any atom is 0.226 e. The molecule has 1 amide bonds. The largest absolute Gasteiger partial charge is 0.493 e. The summed E-state index contributed by atoms with van der Waals surface area (Å²) in [5.74, 6) is 1.94. The topological polar surface area (TPSA) is 64.9 Å². The second-order valence-corrected chi connectivity index (χ2v) is 7.67. The minimum absolute atomic E-state index is 0.0584. The summed E-state index contributed by atoms with van der Waals surface area (Å²) in [5.41, 5.74) is 1.73. The molecular formula is C20H25N3O3S. The molecule has 0 atom stereocenters. The number of aromatic nitrogens is 2. The van der Waals surface area contributed by atoms with Gasteiger partial charge in [0.1, 0.15) is 0 Å². The van der Waals surface area contributed by atoms with Gasteiger partial charge in [0.05, 0.1) is 25.8 Å². The molecule has 0 spiro atoms. The van der Waals surface area contributed by atoms with Crippen LogP contribution in [-0.4, -0.2) is 29.0 Å². The quantitative estimate of drug-likeness (QED) is 0.608. The van der Waals surface area contributed by atoms with Crippen molar-refractivity contribution in [3.05, 3.63) is 47.2 Å². The van der Waals surface area contributed by atoms with Gasteiger partial charge in [-0.05, 0) is 30.0 Å². The summed E-state index contributed by atoms with van der Waals surface area (Å²) in [6, 6.07) is 5.74. The van der Waals surface area contributed by atoms with Gasteiger partial charge < -0.3 is 14.8 Å². The Labute approximate surface area is 163 Å². The lowest BCUT2D eigenvalue weighted by molar-refractivity contribution is -0.120. The Kier molecular flexibility index (Phi) is 6.34. The summed E-state index contributed by atoms with van der Waals surface area (Å²) in [6.07, 6.45) is 5.08. The fourth-order valence-corrected chi connectivity index (χ4v) is 3.35. The Balaban J connectivity index is 1.53. The Hall–Kier alpha value is -2.54. The van der Waals surface area contributed by atoms with E-state index in [1.165, 1.54) is 0 Å². The second-order valence-electron chi connectivity index (χ2n) is 6.79. The molecule has 7 heteroatoms. The molecule has 0 saturated heterocycles. The van der Waals surface area contributed by atoms with Crippen molar-refractivity contribution in [2.24, 2.45) is 5.92 Å². The highest BCUT2D eigenvalue weighted by Gasteiger charge is 2.10. The van der Waals surface area contributed by atoms with Crippen LogP contribution in [0, 0.1) is 5.92 Å². The van der Waals surface area contributed by atoms with Gasteiger partial charge in [0, 0.05) is 24.3 Å². The minimum Gasteiger partial charge on any atom is -0.493 e. The van der Waals surface area contributed by atoms with E-state index in [0.717, 1.165) is 28.4 Å². The third kappa shape index (κ3) is 5.23. The fourth-order valence-electron chi connectivity index (χ4n) is 2.63. The number of methoxy groups -OCH3 is 1. The minimum atomic E-state index is -0.0584. The lowest BCUT2D eigenvalue weighted by Gasteiger charge is -2.13. The fraction of sp³-hybridized carbons (Fsp3) is 0.400. The van der Waals surface area contributed by atoms with Gasteiger partial charge in [-0.15, -0.1) is 11.3 Å². The summed E-state index contributed by atoms with van der Waals surface area (Å²) in [5, 5.41) is 4.90. The summed E-state index contributed by atoms with van der Waals surface area (Å²) < 4.78 is 13.1. The number of ether oxygens (including phenoxy) is 2. The third-order valence-electron chi connectivity index (χ3n) is 4.16. The van der Waals surface area contributed by atoms with E-state index in [2.05, 4.69) is 24.1 Å².